The average molecular weight is 516 g/mol. The van der Waals surface area contributed by atoms with Crippen LogP contribution in [0.15, 0.2) is 73.1 Å². The number of anilines is 2. The van der Waals surface area contributed by atoms with Crippen LogP contribution in [0.1, 0.15) is 10.6 Å². The smallest absolute Gasteiger partial charge is 0.350 e. The molecule has 5 rings (SSSR count). The first kappa shape index (κ1) is 25.0. The fraction of sp³-hybridized carbons (Fsp3) is 0.250. The first-order chi connectivity index (χ1) is 18.1. The standard InChI is InChI=1S/C28H29N5O3S/c1-20-4-2-6-23(18-20)30-28(34)33(35)24-7-3-5-22(19-24)27-26(21-8-11-29-12-9-21)31-25(37-27)10-13-32-14-16-36-17-15-32/h2-9,11-12,18-19,35H,10,13-17H2,1H3,(H,30,34). The number of rotatable bonds is 7. The van der Waals surface area contributed by atoms with Crippen molar-refractivity contribution in [3.63, 3.8) is 0 Å². The van der Waals surface area contributed by atoms with Crippen molar-refractivity contribution >= 4 is 28.7 Å². The molecule has 37 heavy (non-hydrogen) atoms. The fourth-order valence-corrected chi connectivity index (χ4v) is 5.32. The van der Waals surface area contributed by atoms with Crippen molar-refractivity contribution in [2.45, 2.75) is 13.3 Å². The Morgan fingerprint density at radius 3 is 2.65 bits per heavy atom. The summed E-state index contributed by atoms with van der Waals surface area (Å²) in [6.07, 6.45) is 4.36. The van der Waals surface area contributed by atoms with Gasteiger partial charge in [0, 0.05) is 49.7 Å². The number of aromatic nitrogens is 2. The summed E-state index contributed by atoms with van der Waals surface area (Å²) < 4.78 is 5.46. The van der Waals surface area contributed by atoms with Gasteiger partial charge in [-0.05, 0) is 54.4 Å². The third kappa shape index (κ3) is 6.20. The fourth-order valence-electron chi connectivity index (χ4n) is 4.25. The van der Waals surface area contributed by atoms with Crippen LogP contribution in [-0.4, -0.2) is 59.0 Å². The van der Waals surface area contributed by atoms with E-state index in [0.29, 0.717) is 16.4 Å². The predicted molar refractivity (Wildman–Crippen MR) is 146 cm³/mol. The number of amides is 2. The van der Waals surface area contributed by atoms with E-state index in [0.717, 1.165) is 71.5 Å². The zero-order chi connectivity index (χ0) is 25.6. The maximum atomic E-state index is 12.7. The highest BCUT2D eigenvalue weighted by atomic mass is 32.1. The quantitative estimate of drug-likeness (QED) is 0.250. The van der Waals surface area contributed by atoms with Crippen LogP contribution >= 0.6 is 11.3 Å². The zero-order valence-corrected chi connectivity index (χ0v) is 21.4. The molecule has 3 heterocycles. The maximum Gasteiger partial charge on any atom is 0.350 e. The minimum absolute atomic E-state index is 0.367. The largest absolute Gasteiger partial charge is 0.379 e. The summed E-state index contributed by atoms with van der Waals surface area (Å²) in [6.45, 7) is 6.29. The Hall–Kier alpha value is -3.63. The SMILES string of the molecule is Cc1cccc(NC(=O)N(O)c2cccc(-c3sc(CCN4CCOCC4)nc3-c3ccncc3)c2)c1. The monoisotopic (exact) mass is 515 g/mol. The number of thiazole rings is 1. The van der Waals surface area contributed by atoms with E-state index >= 15 is 0 Å². The van der Waals surface area contributed by atoms with E-state index in [1.54, 1.807) is 41.9 Å². The number of nitrogens with one attached hydrogen (secondary N) is 1. The second kappa shape index (κ2) is 11.6. The van der Waals surface area contributed by atoms with Gasteiger partial charge in [0.25, 0.3) is 0 Å². The highest BCUT2D eigenvalue weighted by molar-refractivity contribution is 7.15. The number of carbonyl (C=O) groups is 1. The van der Waals surface area contributed by atoms with Gasteiger partial charge in [0.15, 0.2) is 0 Å². The van der Waals surface area contributed by atoms with Crippen LogP contribution in [0.2, 0.25) is 0 Å². The minimum Gasteiger partial charge on any atom is -0.379 e. The molecular formula is C28H29N5O3S. The van der Waals surface area contributed by atoms with E-state index in [1.807, 2.05) is 49.4 Å². The van der Waals surface area contributed by atoms with Crippen molar-refractivity contribution in [3.8, 4) is 21.7 Å². The van der Waals surface area contributed by atoms with Crippen LogP contribution in [0.4, 0.5) is 16.2 Å². The summed E-state index contributed by atoms with van der Waals surface area (Å²) in [6, 6.07) is 18.0. The van der Waals surface area contributed by atoms with Gasteiger partial charge in [0.2, 0.25) is 0 Å². The Kier molecular flexibility index (Phi) is 7.86. The molecule has 1 fully saturated rings. The Bertz CT molecular complexity index is 1350. The lowest BCUT2D eigenvalue weighted by molar-refractivity contribution is 0.0384. The zero-order valence-electron chi connectivity index (χ0n) is 20.6. The molecule has 0 saturated carbocycles. The van der Waals surface area contributed by atoms with E-state index in [4.69, 9.17) is 9.72 Å². The highest BCUT2D eigenvalue weighted by Crippen LogP contribution is 2.38. The number of hydrogen-bond acceptors (Lipinski definition) is 7. The lowest BCUT2D eigenvalue weighted by Gasteiger charge is -2.25. The third-order valence-corrected chi connectivity index (χ3v) is 7.35. The van der Waals surface area contributed by atoms with Crippen molar-refractivity contribution in [1.82, 2.24) is 14.9 Å². The molecule has 0 aliphatic carbocycles. The molecule has 190 valence electrons. The average Bonchev–Trinajstić information content (AvgIpc) is 3.37. The number of hydrogen-bond donors (Lipinski definition) is 2. The second-order valence-electron chi connectivity index (χ2n) is 8.89. The van der Waals surface area contributed by atoms with Crippen molar-refractivity contribution < 1.29 is 14.7 Å². The van der Waals surface area contributed by atoms with Gasteiger partial charge in [-0.2, -0.15) is 5.06 Å². The third-order valence-electron chi connectivity index (χ3n) is 6.19. The molecule has 4 aromatic rings. The highest BCUT2D eigenvalue weighted by Gasteiger charge is 2.19. The van der Waals surface area contributed by atoms with Crippen LogP contribution in [0.3, 0.4) is 0 Å². The molecule has 2 aromatic heterocycles. The lowest BCUT2D eigenvalue weighted by atomic mass is 10.1. The van der Waals surface area contributed by atoms with E-state index < -0.39 is 6.03 Å². The molecule has 2 aromatic carbocycles. The molecule has 0 bridgehead atoms. The number of ether oxygens (including phenoxy) is 1. The first-order valence-electron chi connectivity index (χ1n) is 12.2. The van der Waals surface area contributed by atoms with E-state index in [1.165, 1.54) is 0 Å². The van der Waals surface area contributed by atoms with Crippen LogP contribution in [0.5, 0.6) is 0 Å². The van der Waals surface area contributed by atoms with Gasteiger partial charge < -0.3 is 10.1 Å². The molecule has 9 heteroatoms. The Labute approximate surface area is 220 Å². The van der Waals surface area contributed by atoms with Crippen molar-refractivity contribution in [3.05, 3.63) is 83.6 Å². The van der Waals surface area contributed by atoms with Gasteiger partial charge in [-0.3, -0.25) is 15.1 Å². The van der Waals surface area contributed by atoms with Crippen molar-refractivity contribution in [1.29, 1.82) is 0 Å². The van der Waals surface area contributed by atoms with Crippen LogP contribution in [0.25, 0.3) is 21.7 Å². The lowest BCUT2D eigenvalue weighted by Crippen LogP contribution is -2.37. The Balaban J connectivity index is 1.40. The second-order valence-corrected chi connectivity index (χ2v) is 9.97. The summed E-state index contributed by atoms with van der Waals surface area (Å²) in [5.74, 6) is 0. The molecule has 2 N–H and O–H groups in total. The van der Waals surface area contributed by atoms with Gasteiger partial charge in [0.05, 0.1) is 34.5 Å². The first-order valence-corrected chi connectivity index (χ1v) is 13.1. The number of urea groups is 1. The van der Waals surface area contributed by atoms with Crippen molar-refractivity contribution in [2.24, 2.45) is 0 Å². The van der Waals surface area contributed by atoms with E-state index in [-0.39, 0.29) is 0 Å². The van der Waals surface area contributed by atoms with Gasteiger partial charge in [-0.15, -0.1) is 11.3 Å². The number of morpholine rings is 1. The molecule has 0 spiro atoms. The maximum absolute atomic E-state index is 12.7. The number of aryl methyl sites for hydroxylation is 1. The minimum atomic E-state index is -0.632. The summed E-state index contributed by atoms with van der Waals surface area (Å²) >= 11 is 1.64. The van der Waals surface area contributed by atoms with Crippen LogP contribution in [0, 0.1) is 6.92 Å². The molecule has 0 unspecified atom stereocenters. The van der Waals surface area contributed by atoms with E-state index in [2.05, 4.69) is 15.2 Å². The molecular weight excluding hydrogens is 486 g/mol. The van der Waals surface area contributed by atoms with Gasteiger partial charge in [0.1, 0.15) is 0 Å². The molecule has 8 nitrogen and oxygen atoms in total. The molecule has 1 aliphatic rings. The molecule has 2 amide bonds. The molecule has 1 aliphatic heterocycles. The summed E-state index contributed by atoms with van der Waals surface area (Å²) in [4.78, 5) is 25.3. The summed E-state index contributed by atoms with van der Waals surface area (Å²) in [5, 5.41) is 15.1. The number of nitrogens with zero attached hydrogens (tertiary/aromatic N) is 4. The number of pyridine rings is 1. The molecule has 1 saturated heterocycles. The van der Waals surface area contributed by atoms with Gasteiger partial charge in [-0.1, -0.05) is 24.3 Å². The Morgan fingerprint density at radius 2 is 1.86 bits per heavy atom. The topological polar surface area (TPSA) is 90.8 Å². The number of benzene rings is 2. The van der Waals surface area contributed by atoms with Gasteiger partial charge >= 0.3 is 6.03 Å². The van der Waals surface area contributed by atoms with Crippen LogP contribution < -0.4 is 10.4 Å². The predicted octanol–water partition coefficient (Wildman–Crippen LogP) is 5.48. The normalized spacial score (nSPS) is 13.9. The van der Waals surface area contributed by atoms with Crippen molar-refractivity contribution in [2.75, 3.05) is 43.2 Å². The molecule has 0 radical (unpaired) electrons. The summed E-state index contributed by atoms with van der Waals surface area (Å²) in [5.41, 5.74) is 4.72. The summed E-state index contributed by atoms with van der Waals surface area (Å²) in [7, 11) is 0. The number of carbonyl (C=O) groups excluding carboxylic acids is 1. The van der Waals surface area contributed by atoms with Crippen LogP contribution in [-0.2, 0) is 11.2 Å². The Morgan fingerprint density at radius 1 is 1.08 bits per heavy atom. The van der Waals surface area contributed by atoms with Gasteiger partial charge in [-0.25, -0.2) is 9.78 Å². The molecule has 0 atom stereocenters. The van der Waals surface area contributed by atoms with E-state index in [9.17, 15) is 10.0 Å². The number of hydroxylamine groups is 1.